The first-order valence-electron chi connectivity index (χ1n) is 9.35. The summed E-state index contributed by atoms with van der Waals surface area (Å²) in [5, 5.41) is 3.11. The van der Waals surface area contributed by atoms with Gasteiger partial charge in [0.15, 0.2) is 0 Å². The second-order valence-corrected chi connectivity index (χ2v) is 7.36. The fourth-order valence-electron chi connectivity index (χ4n) is 3.31. The first-order chi connectivity index (χ1) is 12.5. The summed E-state index contributed by atoms with van der Waals surface area (Å²) in [6, 6.07) is 11.7. The van der Waals surface area contributed by atoms with E-state index < -0.39 is 0 Å². The van der Waals surface area contributed by atoms with Crippen LogP contribution in [-0.2, 0) is 4.79 Å². The number of nitrogens with one attached hydrogen (secondary N) is 1. The van der Waals surface area contributed by atoms with Gasteiger partial charge in [0.2, 0.25) is 5.91 Å². The van der Waals surface area contributed by atoms with Crippen LogP contribution in [-0.4, -0.2) is 40.4 Å². The van der Waals surface area contributed by atoms with Crippen LogP contribution in [0.25, 0.3) is 5.69 Å². The minimum Gasteiger partial charge on any atom is -0.349 e. The van der Waals surface area contributed by atoms with E-state index in [1.807, 2.05) is 58.3 Å². The van der Waals surface area contributed by atoms with Gasteiger partial charge >= 0.3 is 0 Å². The normalized spacial score (nSPS) is 15.3. The predicted octanol–water partition coefficient (Wildman–Crippen LogP) is 3.24. The molecular formula is C21H27N3O2. The third-order valence-corrected chi connectivity index (χ3v) is 4.80. The number of nitrogens with zero attached hydrogens (tertiary/aromatic N) is 2. The lowest BCUT2D eigenvalue weighted by Gasteiger charge is -2.32. The first kappa shape index (κ1) is 18.2. The zero-order chi connectivity index (χ0) is 18.5. The zero-order valence-electron chi connectivity index (χ0n) is 15.5. The van der Waals surface area contributed by atoms with Crippen molar-refractivity contribution in [3.8, 4) is 5.69 Å². The molecule has 2 amide bonds. The molecule has 0 radical (unpaired) electrons. The Bertz CT molecular complexity index is 727. The minimum absolute atomic E-state index is 0.0454. The Morgan fingerprint density at radius 2 is 1.69 bits per heavy atom. The summed E-state index contributed by atoms with van der Waals surface area (Å²) in [5.74, 6) is 0.566. The minimum atomic E-state index is -0.0454. The maximum absolute atomic E-state index is 12.5. The first-order valence-corrected chi connectivity index (χ1v) is 9.35. The monoisotopic (exact) mass is 353 g/mol. The van der Waals surface area contributed by atoms with Crippen LogP contribution in [0.5, 0.6) is 0 Å². The van der Waals surface area contributed by atoms with Crippen LogP contribution in [0.4, 0.5) is 0 Å². The van der Waals surface area contributed by atoms with Crippen LogP contribution in [0.2, 0.25) is 0 Å². The van der Waals surface area contributed by atoms with Crippen molar-refractivity contribution in [2.75, 3.05) is 13.1 Å². The van der Waals surface area contributed by atoms with Gasteiger partial charge in [-0.3, -0.25) is 9.59 Å². The molecule has 0 aliphatic carbocycles. The van der Waals surface area contributed by atoms with Gasteiger partial charge in [-0.15, -0.1) is 0 Å². The second kappa shape index (κ2) is 8.21. The number of benzene rings is 1. The highest BCUT2D eigenvalue weighted by Crippen LogP contribution is 2.15. The highest BCUT2D eigenvalue weighted by atomic mass is 16.2. The lowest BCUT2D eigenvalue weighted by Crippen LogP contribution is -2.46. The van der Waals surface area contributed by atoms with Crippen molar-refractivity contribution >= 4 is 11.8 Å². The average Bonchev–Trinajstić information content (AvgIpc) is 3.16. The topological polar surface area (TPSA) is 54.3 Å². The molecular weight excluding hydrogens is 326 g/mol. The number of carbonyl (C=O) groups is 2. The predicted molar refractivity (Wildman–Crippen MR) is 102 cm³/mol. The number of likely N-dealkylation sites (tertiary alicyclic amines) is 1. The molecule has 1 saturated heterocycles. The van der Waals surface area contributed by atoms with Gasteiger partial charge in [-0.25, -0.2) is 0 Å². The molecule has 0 atom stereocenters. The molecule has 1 aromatic carbocycles. The summed E-state index contributed by atoms with van der Waals surface area (Å²) < 4.78 is 2.01. The molecule has 0 saturated carbocycles. The number of piperidine rings is 1. The van der Waals surface area contributed by atoms with Gasteiger partial charge in [0, 0.05) is 49.2 Å². The van der Waals surface area contributed by atoms with Crippen LogP contribution >= 0.6 is 0 Å². The van der Waals surface area contributed by atoms with Crippen molar-refractivity contribution in [1.82, 2.24) is 14.8 Å². The Balaban J connectivity index is 1.50. The second-order valence-electron chi connectivity index (χ2n) is 7.36. The van der Waals surface area contributed by atoms with E-state index in [9.17, 15) is 9.59 Å². The number of hydrogen-bond donors (Lipinski definition) is 1. The van der Waals surface area contributed by atoms with E-state index in [1.54, 1.807) is 0 Å². The largest absolute Gasteiger partial charge is 0.349 e. The maximum atomic E-state index is 12.5. The van der Waals surface area contributed by atoms with Crippen LogP contribution in [0.1, 0.15) is 43.5 Å². The van der Waals surface area contributed by atoms with Crippen LogP contribution in [0.15, 0.2) is 48.8 Å². The number of amides is 2. The van der Waals surface area contributed by atoms with Crippen LogP contribution in [0.3, 0.4) is 0 Å². The van der Waals surface area contributed by atoms with E-state index in [1.165, 1.54) is 0 Å². The van der Waals surface area contributed by atoms with Gasteiger partial charge < -0.3 is 14.8 Å². The molecule has 1 aliphatic rings. The Morgan fingerprint density at radius 3 is 2.27 bits per heavy atom. The molecule has 0 unspecified atom stereocenters. The van der Waals surface area contributed by atoms with Gasteiger partial charge in [-0.05, 0) is 55.2 Å². The smallest absolute Gasteiger partial charge is 0.251 e. The van der Waals surface area contributed by atoms with Crippen molar-refractivity contribution in [3.05, 3.63) is 54.4 Å². The molecule has 138 valence electrons. The summed E-state index contributed by atoms with van der Waals surface area (Å²) in [7, 11) is 0. The molecule has 3 rings (SSSR count). The Kier molecular flexibility index (Phi) is 5.76. The lowest BCUT2D eigenvalue weighted by molar-refractivity contribution is -0.133. The quantitative estimate of drug-likeness (QED) is 0.897. The summed E-state index contributed by atoms with van der Waals surface area (Å²) in [6.45, 7) is 5.57. The van der Waals surface area contributed by atoms with E-state index in [2.05, 4.69) is 19.2 Å². The van der Waals surface area contributed by atoms with E-state index in [4.69, 9.17) is 0 Å². The highest BCUT2D eigenvalue weighted by molar-refractivity contribution is 5.94. The van der Waals surface area contributed by atoms with E-state index in [0.29, 0.717) is 17.9 Å². The number of aromatic nitrogens is 1. The van der Waals surface area contributed by atoms with E-state index in [-0.39, 0.29) is 17.9 Å². The summed E-state index contributed by atoms with van der Waals surface area (Å²) in [4.78, 5) is 26.5. The zero-order valence-corrected chi connectivity index (χ0v) is 15.5. The molecule has 2 aromatic rings. The van der Waals surface area contributed by atoms with E-state index >= 15 is 0 Å². The molecule has 0 spiro atoms. The molecule has 2 heterocycles. The van der Waals surface area contributed by atoms with E-state index in [0.717, 1.165) is 31.6 Å². The van der Waals surface area contributed by atoms with Crippen LogP contribution < -0.4 is 5.32 Å². The van der Waals surface area contributed by atoms with Crippen LogP contribution in [0, 0.1) is 5.92 Å². The highest BCUT2D eigenvalue weighted by Gasteiger charge is 2.24. The molecule has 5 nitrogen and oxygen atoms in total. The van der Waals surface area contributed by atoms with Gasteiger partial charge in [-0.2, -0.15) is 0 Å². The number of carbonyl (C=O) groups excluding carboxylic acids is 2. The summed E-state index contributed by atoms with van der Waals surface area (Å²) in [5.41, 5.74) is 1.70. The average molecular weight is 353 g/mol. The fraction of sp³-hybridized carbons (Fsp3) is 0.429. The third kappa shape index (κ3) is 4.54. The standard InChI is InChI=1S/C21H27N3O2/c1-16(2)15-20(25)24-13-9-18(10-14-24)22-21(26)17-5-7-19(8-6-17)23-11-3-4-12-23/h3-8,11-12,16,18H,9-10,13-15H2,1-2H3,(H,22,26). The van der Waals surface area contributed by atoms with Crippen molar-refractivity contribution < 1.29 is 9.59 Å². The van der Waals surface area contributed by atoms with Crippen molar-refractivity contribution in [1.29, 1.82) is 0 Å². The van der Waals surface area contributed by atoms with Crippen molar-refractivity contribution in [2.24, 2.45) is 5.92 Å². The molecule has 1 aliphatic heterocycles. The maximum Gasteiger partial charge on any atom is 0.251 e. The fourth-order valence-corrected chi connectivity index (χ4v) is 3.31. The summed E-state index contributed by atoms with van der Waals surface area (Å²) in [6.07, 6.45) is 6.19. The Labute approximate surface area is 155 Å². The Morgan fingerprint density at radius 1 is 1.08 bits per heavy atom. The molecule has 5 heteroatoms. The molecule has 26 heavy (non-hydrogen) atoms. The van der Waals surface area contributed by atoms with Gasteiger partial charge in [0.05, 0.1) is 0 Å². The SMILES string of the molecule is CC(C)CC(=O)N1CCC(NC(=O)c2ccc(-n3cccc3)cc2)CC1. The molecule has 0 bridgehead atoms. The van der Waals surface area contributed by atoms with Crippen molar-refractivity contribution in [2.45, 2.75) is 39.2 Å². The summed E-state index contributed by atoms with van der Waals surface area (Å²) >= 11 is 0. The number of rotatable bonds is 5. The Hall–Kier alpha value is -2.56. The molecule has 1 aromatic heterocycles. The van der Waals surface area contributed by atoms with Gasteiger partial charge in [-0.1, -0.05) is 13.8 Å². The van der Waals surface area contributed by atoms with Gasteiger partial charge in [0.25, 0.3) is 5.91 Å². The number of hydrogen-bond acceptors (Lipinski definition) is 2. The van der Waals surface area contributed by atoms with Gasteiger partial charge in [0.1, 0.15) is 0 Å². The lowest BCUT2D eigenvalue weighted by atomic mass is 10.0. The third-order valence-electron chi connectivity index (χ3n) is 4.80. The van der Waals surface area contributed by atoms with Crippen molar-refractivity contribution in [3.63, 3.8) is 0 Å². The molecule has 1 N–H and O–H groups in total. The molecule has 1 fully saturated rings.